The molecule has 3 N–H and O–H groups in total. The molecule has 2 rings (SSSR count). The second-order valence-corrected chi connectivity index (χ2v) is 6.31. The molecule has 10 heteroatoms. The highest BCUT2D eigenvalue weighted by Crippen LogP contribution is 2.30. The molecule has 0 aromatic heterocycles. The monoisotopic (exact) mass is 345 g/mol. The summed E-state index contributed by atoms with van der Waals surface area (Å²) in [5.74, 6) is 0. The second kappa shape index (κ2) is 6.22. The number of sulfonamides is 1. The van der Waals surface area contributed by atoms with Crippen molar-refractivity contribution in [3.05, 3.63) is 54.1 Å². The van der Waals surface area contributed by atoms with Crippen LogP contribution in [0.15, 0.2) is 53.4 Å². The third-order valence-electron chi connectivity index (χ3n) is 2.95. The molecular formula is C13H11BF3NO4S. The Morgan fingerprint density at radius 2 is 1.43 bits per heavy atom. The molecule has 0 radical (unpaired) electrons. The van der Waals surface area contributed by atoms with E-state index in [1.807, 2.05) is 0 Å². The van der Waals surface area contributed by atoms with Gasteiger partial charge in [-0.2, -0.15) is 13.2 Å². The number of hydrogen-bond acceptors (Lipinski definition) is 4. The van der Waals surface area contributed by atoms with Gasteiger partial charge in [-0.25, -0.2) is 8.42 Å². The molecule has 0 unspecified atom stereocenters. The quantitative estimate of drug-likeness (QED) is 0.727. The highest BCUT2D eigenvalue weighted by Gasteiger charge is 2.30. The SMILES string of the molecule is O=S(=O)(Nc1ccc(C(F)(F)F)cc1)c1ccc(B(O)O)cc1. The minimum Gasteiger partial charge on any atom is -0.423 e. The lowest BCUT2D eigenvalue weighted by molar-refractivity contribution is -0.137. The van der Waals surface area contributed by atoms with Crippen molar-refractivity contribution >= 4 is 28.3 Å². The third kappa shape index (κ3) is 4.24. The van der Waals surface area contributed by atoms with Gasteiger partial charge in [0.1, 0.15) is 0 Å². The summed E-state index contributed by atoms with van der Waals surface area (Å²) in [5.41, 5.74) is -0.801. The minimum atomic E-state index is -4.50. The van der Waals surface area contributed by atoms with Gasteiger partial charge in [-0.3, -0.25) is 4.72 Å². The molecular weight excluding hydrogens is 334 g/mol. The normalized spacial score (nSPS) is 12.0. The first-order chi connectivity index (χ1) is 10.6. The van der Waals surface area contributed by atoms with E-state index in [-0.39, 0.29) is 16.0 Å². The van der Waals surface area contributed by atoms with Crippen LogP contribution in [0.25, 0.3) is 0 Å². The maximum absolute atomic E-state index is 12.4. The summed E-state index contributed by atoms with van der Waals surface area (Å²) in [4.78, 5) is -0.165. The van der Waals surface area contributed by atoms with Crippen molar-refractivity contribution in [2.45, 2.75) is 11.1 Å². The molecule has 2 aromatic rings. The number of alkyl halides is 3. The van der Waals surface area contributed by atoms with E-state index in [4.69, 9.17) is 10.0 Å². The molecule has 0 atom stereocenters. The molecule has 0 aliphatic heterocycles. The molecule has 0 aliphatic carbocycles. The first-order valence-corrected chi connectivity index (χ1v) is 7.74. The lowest BCUT2D eigenvalue weighted by atomic mass is 9.81. The van der Waals surface area contributed by atoms with Gasteiger partial charge >= 0.3 is 13.3 Å². The van der Waals surface area contributed by atoms with Crippen LogP contribution < -0.4 is 10.2 Å². The van der Waals surface area contributed by atoms with Crippen molar-refractivity contribution in [3.63, 3.8) is 0 Å². The Bertz CT molecular complexity index is 774. The number of benzene rings is 2. The molecule has 122 valence electrons. The van der Waals surface area contributed by atoms with Crippen LogP contribution >= 0.6 is 0 Å². The Kier molecular flexibility index (Phi) is 4.69. The lowest BCUT2D eigenvalue weighted by Crippen LogP contribution is -2.29. The molecule has 5 nitrogen and oxygen atoms in total. The zero-order valence-corrected chi connectivity index (χ0v) is 12.3. The van der Waals surface area contributed by atoms with Gasteiger partial charge in [0, 0.05) is 5.69 Å². The van der Waals surface area contributed by atoms with Gasteiger partial charge in [0.15, 0.2) is 0 Å². The number of halogens is 3. The molecule has 0 bridgehead atoms. The minimum absolute atomic E-state index is 0.0238. The van der Waals surface area contributed by atoms with Crippen molar-refractivity contribution < 1.29 is 31.6 Å². The Labute approximate surface area is 130 Å². The van der Waals surface area contributed by atoms with E-state index in [9.17, 15) is 21.6 Å². The largest absolute Gasteiger partial charge is 0.488 e. The summed E-state index contributed by atoms with van der Waals surface area (Å²) >= 11 is 0. The summed E-state index contributed by atoms with van der Waals surface area (Å²) in [6, 6.07) is 8.28. The van der Waals surface area contributed by atoms with Crippen molar-refractivity contribution in [2.24, 2.45) is 0 Å². The average molecular weight is 345 g/mol. The first-order valence-electron chi connectivity index (χ1n) is 6.26. The van der Waals surface area contributed by atoms with Gasteiger partial charge < -0.3 is 10.0 Å². The van der Waals surface area contributed by atoms with E-state index >= 15 is 0 Å². The van der Waals surface area contributed by atoms with Crippen LogP contribution in [0.3, 0.4) is 0 Å². The van der Waals surface area contributed by atoms with Crippen LogP contribution in [0.4, 0.5) is 18.9 Å². The Hall–Kier alpha value is -2.04. The average Bonchev–Trinajstić information content (AvgIpc) is 2.46. The molecule has 0 saturated heterocycles. The first kappa shape index (κ1) is 17.3. The molecule has 0 fully saturated rings. The van der Waals surface area contributed by atoms with Crippen LogP contribution in [-0.2, 0) is 16.2 Å². The number of nitrogens with one attached hydrogen (secondary N) is 1. The number of rotatable bonds is 4. The van der Waals surface area contributed by atoms with Crippen molar-refractivity contribution in [3.8, 4) is 0 Å². The molecule has 0 saturated carbocycles. The molecule has 2 aromatic carbocycles. The summed E-state index contributed by atoms with van der Waals surface area (Å²) in [7, 11) is -5.73. The summed E-state index contributed by atoms with van der Waals surface area (Å²) in [5, 5.41) is 17.9. The van der Waals surface area contributed by atoms with Crippen molar-refractivity contribution in [2.75, 3.05) is 4.72 Å². The number of anilines is 1. The highest BCUT2D eigenvalue weighted by molar-refractivity contribution is 7.92. The van der Waals surface area contributed by atoms with E-state index in [2.05, 4.69) is 4.72 Å². The van der Waals surface area contributed by atoms with Crippen LogP contribution in [0.2, 0.25) is 0 Å². The summed E-state index contributed by atoms with van der Waals surface area (Å²) in [6.07, 6.45) is -4.50. The van der Waals surface area contributed by atoms with Gasteiger partial charge in [-0.1, -0.05) is 12.1 Å². The molecule has 23 heavy (non-hydrogen) atoms. The summed E-state index contributed by atoms with van der Waals surface area (Å²) < 4.78 is 63.7. The Morgan fingerprint density at radius 3 is 1.87 bits per heavy atom. The fourth-order valence-electron chi connectivity index (χ4n) is 1.76. The molecule has 0 spiro atoms. The lowest BCUT2D eigenvalue weighted by Gasteiger charge is -2.10. The van der Waals surface area contributed by atoms with Crippen molar-refractivity contribution in [1.29, 1.82) is 0 Å². The fourth-order valence-corrected chi connectivity index (χ4v) is 2.82. The van der Waals surface area contributed by atoms with Crippen molar-refractivity contribution in [1.82, 2.24) is 0 Å². The van der Waals surface area contributed by atoms with Gasteiger partial charge in [0.2, 0.25) is 0 Å². The smallest absolute Gasteiger partial charge is 0.423 e. The standard InChI is InChI=1S/C13H11BF3NO4S/c15-13(16,17)9-1-5-11(6-2-9)18-23(21,22)12-7-3-10(4-8-12)14(19)20/h1-8,18-20H. The Morgan fingerprint density at radius 1 is 0.913 bits per heavy atom. The van der Waals surface area contributed by atoms with Crippen LogP contribution in [-0.4, -0.2) is 25.6 Å². The van der Waals surface area contributed by atoms with E-state index in [0.717, 1.165) is 36.4 Å². The van der Waals surface area contributed by atoms with Gasteiger partial charge in [0.05, 0.1) is 10.5 Å². The zero-order valence-electron chi connectivity index (χ0n) is 11.4. The maximum Gasteiger partial charge on any atom is 0.488 e. The van der Waals surface area contributed by atoms with Gasteiger partial charge in [-0.15, -0.1) is 0 Å². The van der Waals surface area contributed by atoms with Gasteiger partial charge in [0.25, 0.3) is 10.0 Å². The van der Waals surface area contributed by atoms with E-state index in [1.165, 1.54) is 12.1 Å². The topological polar surface area (TPSA) is 86.6 Å². The molecule has 0 heterocycles. The van der Waals surface area contributed by atoms with Crippen LogP contribution in [0.1, 0.15) is 5.56 Å². The predicted molar refractivity (Wildman–Crippen MR) is 78.5 cm³/mol. The van der Waals surface area contributed by atoms with Crippen LogP contribution in [0, 0.1) is 0 Å². The fraction of sp³-hybridized carbons (Fsp3) is 0.0769. The number of hydrogen-bond donors (Lipinski definition) is 3. The Balaban J connectivity index is 2.21. The summed E-state index contributed by atoms with van der Waals surface area (Å²) in [6.45, 7) is 0. The van der Waals surface area contributed by atoms with Gasteiger partial charge in [-0.05, 0) is 41.9 Å². The van der Waals surface area contributed by atoms with E-state index in [1.54, 1.807) is 0 Å². The van der Waals surface area contributed by atoms with Crippen LogP contribution in [0.5, 0.6) is 0 Å². The van der Waals surface area contributed by atoms with E-state index < -0.39 is 28.9 Å². The maximum atomic E-state index is 12.4. The predicted octanol–water partition coefficient (Wildman–Crippen LogP) is 1.19. The third-order valence-corrected chi connectivity index (χ3v) is 4.35. The molecule has 0 aliphatic rings. The highest BCUT2D eigenvalue weighted by atomic mass is 32.2. The zero-order chi connectivity index (χ0) is 17.3. The second-order valence-electron chi connectivity index (χ2n) is 4.62. The molecule has 0 amide bonds. The van der Waals surface area contributed by atoms with E-state index in [0.29, 0.717) is 0 Å².